The molecule has 4 aliphatic rings. The second kappa shape index (κ2) is 12.5. The van der Waals surface area contributed by atoms with Crippen LogP contribution < -0.4 is 15.8 Å². The van der Waals surface area contributed by atoms with Crippen LogP contribution in [-0.2, 0) is 28.7 Å². The zero-order chi connectivity index (χ0) is 35.5. The number of aromatic nitrogens is 6. The number of amides is 2. The Labute approximate surface area is 283 Å². The third-order valence-corrected chi connectivity index (χ3v) is 9.49. The van der Waals surface area contributed by atoms with Gasteiger partial charge in [0.15, 0.2) is 17.3 Å². The van der Waals surface area contributed by atoms with E-state index in [1.54, 1.807) is 16.4 Å². The first-order valence-electron chi connectivity index (χ1n) is 16.2. The fourth-order valence-electron chi connectivity index (χ4n) is 6.98. The molecule has 0 spiro atoms. The quantitative estimate of drug-likeness (QED) is 0.295. The number of piperazine rings is 1. The van der Waals surface area contributed by atoms with Gasteiger partial charge in [-0.15, -0.1) is 5.10 Å². The van der Waals surface area contributed by atoms with E-state index in [0.717, 1.165) is 17.7 Å². The number of nitrogens with zero attached hydrogens (tertiary/aromatic N) is 8. The molecule has 8 rings (SSSR count). The Bertz CT molecular complexity index is 2110. The van der Waals surface area contributed by atoms with Crippen LogP contribution in [0, 0.1) is 13.8 Å². The number of hydrogen-bond donors (Lipinski definition) is 2. The number of nitrogens with one attached hydrogen (secondary N) is 1. The number of anilines is 2. The lowest BCUT2D eigenvalue weighted by molar-refractivity contribution is -0.137. The average Bonchev–Trinajstić information content (AvgIpc) is 3.54. The first-order valence-corrected chi connectivity index (χ1v) is 16.2. The molecule has 262 valence electrons. The fraction of sp³-hybridized carbons (Fsp3) is 0.424. The van der Waals surface area contributed by atoms with Crippen molar-refractivity contribution in [1.82, 2.24) is 34.0 Å². The molecule has 3 saturated heterocycles. The predicted molar refractivity (Wildman–Crippen MR) is 174 cm³/mol. The van der Waals surface area contributed by atoms with Crippen molar-refractivity contribution in [3.05, 3.63) is 75.0 Å². The number of aromatic hydroxyl groups is 1. The maximum absolute atomic E-state index is 14.3. The van der Waals surface area contributed by atoms with Gasteiger partial charge in [-0.3, -0.25) is 14.4 Å². The van der Waals surface area contributed by atoms with Crippen molar-refractivity contribution in [2.75, 3.05) is 36.5 Å². The minimum absolute atomic E-state index is 0.0782. The summed E-state index contributed by atoms with van der Waals surface area (Å²) in [6.07, 6.45) is 0.108. The van der Waals surface area contributed by atoms with Gasteiger partial charge < -0.3 is 29.5 Å². The summed E-state index contributed by atoms with van der Waals surface area (Å²) >= 11 is 0. The third kappa shape index (κ3) is 5.74. The largest absolute Gasteiger partial charge is 0.504 e. The van der Waals surface area contributed by atoms with Gasteiger partial charge in [-0.05, 0) is 62.4 Å². The Hall–Kier alpha value is -5.32. The van der Waals surface area contributed by atoms with Crippen LogP contribution in [0.25, 0.3) is 11.4 Å². The Morgan fingerprint density at radius 3 is 2.56 bits per heavy atom. The van der Waals surface area contributed by atoms with Gasteiger partial charge in [-0.1, -0.05) is 13.0 Å². The zero-order valence-corrected chi connectivity index (χ0v) is 27.5. The van der Waals surface area contributed by atoms with Gasteiger partial charge in [0.2, 0.25) is 11.7 Å². The van der Waals surface area contributed by atoms with Crippen LogP contribution in [0.3, 0.4) is 0 Å². The molecule has 14 nitrogen and oxygen atoms in total. The molecule has 2 N–H and O–H groups in total. The van der Waals surface area contributed by atoms with Crippen molar-refractivity contribution in [3.8, 4) is 5.75 Å². The van der Waals surface area contributed by atoms with Crippen LogP contribution in [-0.4, -0.2) is 89.3 Å². The summed E-state index contributed by atoms with van der Waals surface area (Å²) in [4.78, 5) is 57.5. The second-order valence-electron chi connectivity index (χ2n) is 12.6. The highest BCUT2D eigenvalue weighted by atomic mass is 19.4. The molecule has 0 saturated carbocycles. The van der Waals surface area contributed by atoms with E-state index in [-0.39, 0.29) is 47.1 Å². The van der Waals surface area contributed by atoms with Crippen LogP contribution in [0.4, 0.5) is 24.5 Å². The molecule has 0 aliphatic carbocycles. The van der Waals surface area contributed by atoms with Crippen LogP contribution in [0.2, 0.25) is 0 Å². The maximum atomic E-state index is 14.3. The molecule has 2 atom stereocenters. The van der Waals surface area contributed by atoms with Crippen LogP contribution >= 0.6 is 0 Å². The van der Waals surface area contributed by atoms with Crippen molar-refractivity contribution in [1.29, 1.82) is 0 Å². The smallest absolute Gasteiger partial charge is 0.416 e. The molecule has 0 radical (unpaired) electrons. The number of piperidine rings is 1. The first kappa shape index (κ1) is 33.2. The number of alkyl halides is 3. The van der Waals surface area contributed by atoms with E-state index in [1.165, 1.54) is 23.8 Å². The summed E-state index contributed by atoms with van der Waals surface area (Å²) in [5.74, 6) is -0.751. The predicted octanol–water partition coefficient (Wildman–Crippen LogP) is 3.13. The summed E-state index contributed by atoms with van der Waals surface area (Å²) < 4.78 is 48.0. The number of aryl methyl sites for hydroxylation is 2. The molecule has 4 aromatic rings. The normalized spacial score (nSPS) is 19.0. The van der Waals surface area contributed by atoms with Gasteiger partial charge in [0.25, 0.3) is 11.5 Å². The molecule has 50 heavy (non-hydrogen) atoms. The lowest BCUT2D eigenvalue weighted by Crippen LogP contribution is -2.71. The maximum Gasteiger partial charge on any atom is 0.416 e. The minimum atomic E-state index is -4.53. The van der Waals surface area contributed by atoms with Crippen molar-refractivity contribution in [2.45, 2.75) is 64.8 Å². The van der Waals surface area contributed by atoms with Gasteiger partial charge in [-0.2, -0.15) is 22.7 Å². The summed E-state index contributed by atoms with van der Waals surface area (Å²) in [6.45, 7) is 6.05. The Balaban J connectivity index is 1.24. The van der Waals surface area contributed by atoms with E-state index in [0.29, 0.717) is 68.5 Å². The van der Waals surface area contributed by atoms with Gasteiger partial charge in [-0.25, -0.2) is 9.97 Å². The van der Waals surface area contributed by atoms with Gasteiger partial charge in [0.1, 0.15) is 18.6 Å². The number of hydrogen-bond acceptors (Lipinski definition) is 10. The monoisotopic (exact) mass is 693 g/mol. The number of ether oxygens (including phenoxy) is 1. The molecule has 2 bridgehead atoms. The molecule has 3 aromatic heterocycles. The SMILES string of the molecule is CCc1c(N2CC3CC(C2)N3C(=O)c2ncnc(C)c2O)c(=O)n2nc(C3=CCOCC3)nc2n1CC(=O)Nc1ccc(C(F)(F)F)cc1C. The van der Waals surface area contributed by atoms with E-state index in [9.17, 15) is 32.7 Å². The molecule has 4 aliphatic heterocycles. The number of rotatable bonds is 7. The van der Waals surface area contributed by atoms with Crippen molar-refractivity contribution in [3.63, 3.8) is 0 Å². The van der Waals surface area contributed by atoms with Crippen molar-refractivity contribution in [2.24, 2.45) is 0 Å². The fourth-order valence-corrected chi connectivity index (χ4v) is 6.98. The molecular weight excluding hydrogens is 659 g/mol. The first-order chi connectivity index (χ1) is 23.8. The van der Waals surface area contributed by atoms with Crippen LogP contribution in [0.1, 0.15) is 58.6 Å². The van der Waals surface area contributed by atoms with Gasteiger partial charge in [0, 0.05) is 18.8 Å². The number of halogens is 3. The average molecular weight is 694 g/mol. The molecule has 3 fully saturated rings. The molecule has 17 heteroatoms. The Morgan fingerprint density at radius 2 is 1.90 bits per heavy atom. The van der Waals surface area contributed by atoms with E-state index >= 15 is 0 Å². The number of carbonyl (C=O) groups is 2. The molecule has 7 heterocycles. The lowest BCUT2D eigenvalue weighted by atomic mass is 9.86. The Kier molecular flexibility index (Phi) is 8.32. The van der Waals surface area contributed by atoms with Crippen LogP contribution in [0.15, 0.2) is 35.4 Å². The summed E-state index contributed by atoms with van der Waals surface area (Å²) in [5, 5.41) is 17.7. The van der Waals surface area contributed by atoms with E-state index < -0.39 is 29.1 Å². The third-order valence-electron chi connectivity index (χ3n) is 9.49. The van der Waals surface area contributed by atoms with E-state index in [4.69, 9.17) is 9.72 Å². The minimum Gasteiger partial charge on any atom is -0.504 e. The Morgan fingerprint density at radius 1 is 1.14 bits per heavy atom. The highest BCUT2D eigenvalue weighted by Gasteiger charge is 2.49. The summed E-state index contributed by atoms with van der Waals surface area (Å²) in [7, 11) is 0. The zero-order valence-electron chi connectivity index (χ0n) is 27.5. The molecule has 2 unspecified atom stereocenters. The highest BCUT2D eigenvalue weighted by molar-refractivity contribution is 5.96. The molecule has 2 amide bonds. The second-order valence-corrected chi connectivity index (χ2v) is 12.6. The standard InChI is InChI=1S/C33H34F3N9O5/c1-4-24-27(42-13-21-12-22(14-42)44(21)30(48)26-28(47)18(3)37-16-38-26)31(49)45-32(40-29(41-45)19-7-9-50-10-8-19)43(24)15-25(46)39-23-6-5-20(11-17(23)2)33(34,35)36/h5-7,11,16,21-22,47H,4,8-10,12-15H2,1-3H3,(H,39,46). The topological polar surface area (TPSA) is 160 Å². The summed E-state index contributed by atoms with van der Waals surface area (Å²) in [6, 6.07) is 2.55. The summed E-state index contributed by atoms with van der Waals surface area (Å²) in [5.41, 5.74) is 1.05. The molecule has 1 aromatic carbocycles. The van der Waals surface area contributed by atoms with Crippen molar-refractivity contribution >= 4 is 34.5 Å². The van der Waals surface area contributed by atoms with Gasteiger partial charge in [0.05, 0.1) is 42.2 Å². The molecular formula is C33H34F3N9O5. The number of benzene rings is 1. The van der Waals surface area contributed by atoms with E-state index in [1.807, 2.05) is 17.9 Å². The lowest BCUT2D eigenvalue weighted by Gasteiger charge is -2.56. The van der Waals surface area contributed by atoms with E-state index in [2.05, 4.69) is 20.4 Å². The van der Waals surface area contributed by atoms with Gasteiger partial charge >= 0.3 is 6.18 Å². The van der Waals surface area contributed by atoms with Crippen LogP contribution in [0.5, 0.6) is 5.75 Å². The van der Waals surface area contributed by atoms with Crippen molar-refractivity contribution < 1.29 is 32.6 Å². The highest BCUT2D eigenvalue weighted by Crippen LogP contribution is 2.37. The number of fused-ring (bicyclic) bond motifs is 3. The number of carbonyl (C=O) groups excluding carboxylic acids is 2.